The number of benzene rings is 1. The first-order valence-electron chi connectivity index (χ1n) is 8.92. The van der Waals surface area contributed by atoms with E-state index in [-0.39, 0.29) is 10.6 Å². The van der Waals surface area contributed by atoms with Gasteiger partial charge in [-0.25, -0.2) is 18.4 Å². The Morgan fingerprint density at radius 2 is 1.75 bits per heavy atom. The van der Waals surface area contributed by atoms with E-state index in [0.29, 0.717) is 10.6 Å². The molecular formula is C18H18Cl2F3N3O5S. The number of rotatable bonds is 9. The minimum Gasteiger partial charge on any atom is -0.480 e. The number of alkyl halides is 3. The fourth-order valence-electron chi connectivity index (χ4n) is 2.62. The van der Waals surface area contributed by atoms with Crippen LogP contribution in [-0.4, -0.2) is 58.3 Å². The molecule has 0 spiro atoms. The van der Waals surface area contributed by atoms with Crippen molar-refractivity contribution in [3.8, 4) is 11.1 Å². The lowest BCUT2D eigenvalue weighted by Crippen LogP contribution is -2.45. The van der Waals surface area contributed by atoms with Crippen molar-refractivity contribution in [2.75, 3.05) is 11.5 Å². The van der Waals surface area contributed by atoms with Crippen molar-refractivity contribution in [1.29, 1.82) is 0 Å². The van der Waals surface area contributed by atoms with E-state index in [1.165, 1.54) is 18.2 Å². The first kappa shape index (κ1) is 26.3. The summed E-state index contributed by atoms with van der Waals surface area (Å²) in [4.78, 5) is 17.9. The molecule has 2 rings (SSSR count). The summed E-state index contributed by atoms with van der Waals surface area (Å²) in [7, 11) is -4.16. The van der Waals surface area contributed by atoms with Crippen LogP contribution in [0.2, 0.25) is 10.0 Å². The minimum absolute atomic E-state index is 0.200. The van der Waals surface area contributed by atoms with Crippen LogP contribution in [0.15, 0.2) is 30.6 Å². The van der Waals surface area contributed by atoms with Crippen LogP contribution in [-0.2, 0) is 20.2 Å². The van der Waals surface area contributed by atoms with Gasteiger partial charge in [0.25, 0.3) is 0 Å². The van der Waals surface area contributed by atoms with E-state index >= 15 is 0 Å². The Hall–Kier alpha value is -1.99. The summed E-state index contributed by atoms with van der Waals surface area (Å²) < 4.78 is 65.1. The van der Waals surface area contributed by atoms with Gasteiger partial charge >= 0.3 is 12.1 Å². The van der Waals surface area contributed by atoms with Crippen molar-refractivity contribution in [3.05, 3.63) is 46.5 Å². The van der Waals surface area contributed by atoms with E-state index in [1.54, 1.807) is 0 Å². The van der Waals surface area contributed by atoms with Gasteiger partial charge in [-0.2, -0.15) is 13.2 Å². The molecule has 2 aromatic rings. The lowest BCUT2D eigenvalue weighted by atomic mass is 9.98. The summed E-state index contributed by atoms with van der Waals surface area (Å²) in [6.07, 6.45) is -5.06. The second kappa shape index (κ2) is 9.87. The molecule has 0 radical (unpaired) electrons. The molecule has 176 valence electrons. The Kier molecular flexibility index (Phi) is 8.10. The van der Waals surface area contributed by atoms with Gasteiger partial charge in [-0.1, -0.05) is 29.3 Å². The minimum atomic E-state index is -5.29. The van der Waals surface area contributed by atoms with Crippen LogP contribution < -0.4 is 5.73 Å². The Morgan fingerprint density at radius 3 is 2.25 bits per heavy atom. The number of aliphatic carboxylic acids is 1. The Labute approximate surface area is 191 Å². The van der Waals surface area contributed by atoms with Gasteiger partial charge in [-0.15, -0.1) is 0 Å². The quantitative estimate of drug-likeness (QED) is 0.462. The molecule has 0 bridgehead atoms. The first-order valence-corrected chi connectivity index (χ1v) is 11.5. The molecule has 0 amide bonds. The summed E-state index contributed by atoms with van der Waals surface area (Å²) in [6, 6.07) is 2.94. The maximum absolute atomic E-state index is 13.7. The fraction of sp³-hybridized carbons (Fsp3) is 0.389. The molecule has 1 heterocycles. The molecule has 2 atom stereocenters. The largest absolute Gasteiger partial charge is 0.480 e. The number of carbonyl (C=O) groups is 1. The van der Waals surface area contributed by atoms with Gasteiger partial charge in [0.05, 0.1) is 11.5 Å². The van der Waals surface area contributed by atoms with Gasteiger partial charge < -0.3 is 15.9 Å². The van der Waals surface area contributed by atoms with E-state index in [1.807, 2.05) is 0 Å². The molecule has 0 aliphatic rings. The number of hydrogen-bond acceptors (Lipinski definition) is 7. The van der Waals surface area contributed by atoms with E-state index < -0.39 is 63.8 Å². The highest BCUT2D eigenvalue weighted by Gasteiger charge is 2.57. The van der Waals surface area contributed by atoms with Crippen LogP contribution in [0.1, 0.15) is 18.7 Å². The highest BCUT2D eigenvalue weighted by atomic mass is 35.5. The van der Waals surface area contributed by atoms with Gasteiger partial charge in [0.1, 0.15) is 6.04 Å². The third-order valence-electron chi connectivity index (χ3n) is 4.56. The van der Waals surface area contributed by atoms with Crippen molar-refractivity contribution in [2.45, 2.75) is 30.7 Å². The van der Waals surface area contributed by atoms with Crippen LogP contribution >= 0.6 is 23.2 Å². The summed E-state index contributed by atoms with van der Waals surface area (Å²) in [5, 5.41) is 19.6. The predicted molar refractivity (Wildman–Crippen MR) is 111 cm³/mol. The van der Waals surface area contributed by atoms with E-state index in [9.17, 15) is 31.5 Å². The van der Waals surface area contributed by atoms with Gasteiger partial charge in [-0.05, 0) is 18.6 Å². The van der Waals surface area contributed by atoms with Crippen molar-refractivity contribution in [3.63, 3.8) is 0 Å². The summed E-state index contributed by atoms with van der Waals surface area (Å²) in [5.41, 5.74) is 2.19. The number of aliphatic hydroxyl groups is 1. The predicted octanol–water partition coefficient (Wildman–Crippen LogP) is 2.81. The SMILES string of the molecule is N[C@@H](CCS(=O)(=O)CCC(O)(c1ncc(-c2ccc(Cl)cc2Cl)cn1)C(F)(F)F)C(=O)O. The maximum Gasteiger partial charge on any atom is 0.424 e. The Morgan fingerprint density at radius 1 is 1.16 bits per heavy atom. The number of nitrogens with two attached hydrogens (primary N) is 1. The molecule has 0 saturated heterocycles. The van der Waals surface area contributed by atoms with Crippen LogP contribution in [0.5, 0.6) is 0 Å². The van der Waals surface area contributed by atoms with Crippen molar-refractivity contribution in [1.82, 2.24) is 9.97 Å². The van der Waals surface area contributed by atoms with Crippen LogP contribution in [0.3, 0.4) is 0 Å². The molecule has 0 saturated carbocycles. The lowest BCUT2D eigenvalue weighted by Gasteiger charge is -2.29. The monoisotopic (exact) mass is 515 g/mol. The molecule has 0 aliphatic carbocycles. The molecule has 4 N–H and O–H groups in total. The topological polar surface area (TPSA) is 143 Å². The van der Waals surface area contributed by atoms with Gasteiger partial charge in [0.15, 0.2) is 15.7 Å². The number of aromatic nitrogens is 2. The third-order valence-corrected chi connectivity index (χ3v) is 6.80. The van der Waals surface area contributed by atoms with Crippen molar-refractivity contribution in [2.24, 2.45) is 5.73 Å². The number of carboxylic acids is 1. The van der Waals surface area contributed by atoms with Crippen LogP contribution in [0.25, 0.3) is 11.1 Å². The Balaban J connectivity index is 2.26. The zero-order valence-corrected chi connectivity index (χ0v) is 18.5. The second-order valence-electron chi connectivity index (χ2n) is 6.91. The average Bonchev–Trinajstić information content (AvgIpc) is 2.69. The average molecular weight is 516 g/mol. The van der Waals surface area contributed by atoms with Gasteiger partial charge in [0, 0.05) is 40.0 Å². The summed E-state index contributed by atoms with van der Waals surface area (Å²) in [5.74, 6) is -4.34. The van der Waals surface area contributed by atoms with Crippen LogP contribution in [0, 0.1) is 0 Å². The number of carboxylic acid groups (broad SMARTS) is 1. The fourth-order valence-corrected chi connectivity index (χ4v) is 4.56. The molecule has 0 fully saturated rings. The number of sulfone groups is 1. The standard InChI is InChI=1S/C18H18Cl2F3N3O5S/c19-11-1-2-12(13(20)7-11)10-8-25-16(26-9-10)17(29,18(21,22)23)4-6-32(30,31)5-3-14(24)15(27)28/h1-2,7-9,14,29H,3-6,24H2,(H,27,28)/t14-,17?/m0/s1. The molecule has 14 heteroatoms. The molecule has 8 nitrogen and oxygen atoms in total. The number of hydrogen-bond donors (Lipinski definition) is 3. The van der Waals surface area contributed by atoms with E-state index in [4.69, 9.17) is 34.0 Å². The zero-order valence-electron chi connectivity index (χ0n) is 16.2. The van der Waals surface area contributed by atoms with Crippen LogP contribution in [0.4, 0.5) is 13.2 Å². The first-order chi connectivity index (χ1) is 14.7. The molecule has 0 aliphatic heterocycles. The van der Waals surface area contributed by atoms with E-state index in [0.717, 1.165) is 12.4 Å². The summed E-state index contributed by atoms with van der Waals surface area (Å²) in [6.45, 7) is 0. The lowest BCUT2D eigenvalue weighted by molar-refractivity contribution is -0.270. The highest BCUT2D eigenvalue weighted by molar-refractivity contribution is 7.91. The van der Waals surface area contributed by atoms with Crippen molar-refractivity contribution < 1.29 is 36.6 Å². The maximum atomic E-state index is 13.7. The van der Waals surface area contributed by atoms with Gasteiger partial charge in [-0.3, -0.25) is 4.79 Å². The third kappa shape index (κ3) is 6.29. The zero-order chi connectivity index (χ0) is 24.3. The van der Waals surface area contributed by atoms with Gasteiger partial charge in [0.2, 0.25) is 5.60 Å². The van der Waals surface area contributed by atoms with Crippen molar-refractivity contribution >= 4 is 39.0 Å². The molecule has 1 aromatic carbocycles. The van der Waals surface area contributed by atoms with E-state index in [2.05, 4.69) is 9.97 Å². The molecular weight excluding hydrogens is 498 g/mol. The highest BCUT2D eigenvalue weighted by Crippen LogP contribution is 2.41. The second-order valence-corrected chi connectivity index (χ2v) is 10.1. The molecule has 1 aromatic heterocycles. The summed E-state index contributed by atoms with van der Waals surface area (Å²) >= 11 is 11.9. The smallest absolute Gasteiger partial charge is 0.424 e. The molecule has 32 heavy (non-hydrogen) atoms. The molecule has 1 unspecified atom stereocenters. The Bertz CT molecular complexity index is 1080. The number of halogens is 5. The number of nitrogens with zero attached hydrogens (tertiary/aromatic N) is 2. The normalized spacial score (nSPS) is 15.2.